The maximum atomic E-state index is 14.0. The van der Waals surface area contributed by atoms with Gasteiger partial charge < -0.3 is 10.2 Å². The van der Waals surface area contributed by atoms with Gasteiger partial charge in [-0.15, -0.1) is 0 Å². The first-order chi connectivity index (χ1) is 18.4. The Morgan fingerprint density at radius 1 is 0.923 bits per heavy atom. The molecule has 0 fully saturated rings. The lowest BCUT2D eigenvalue weighted by molar-refractivity contribution is -0.140. The zero-order valence-electron chi connectivity index (χ0n) is 22.4. The predicted molar refractivity (Wildman–Crippen MR) is 157 cm³/mol. The molecule has 1 atom stereocenters. The van der Waals surface area contributed by atoms with Gasteiger partial charge in [-0.05, 0) is 86.8 Å². The van der Waals surface area contributed by atoms with Crippen LogP contribution in [-0.4, -0.2) is 43.8 Å². The number of rotatable bonds is 11. The van der Waals surface area contributed by atoms with Crippen molar-refractivity contribution in [2.75, 3.05) is 10.8 Å². The molecule has 0 aromatic heterocycles. The Morgan fingerprint density at radius 2 is 1.51 bits per heavy atom. The van der Waals surface area contributed by atoms with Crippen LogP contribution in [0, 0.1) is 6.92 Å². The first kappa shape index (κ1) is 30.5. The summed E-state index contributed by atoms with van der Waals surface area (Å²) in [4.78, 5) is 28.6. The maximum Gasteiger partial charge on any atom is 0.264 e. The molecule has 7 nitrogen and oxygen atoms in total. The Bertz CT molecular complexity index is 1390. The molecule has 0 saturated carbocycles. The van der Waals surface area contributed by atoms with Gasteiger partial charge in [-0.25, -0.2) is 8.42 Å². The number of nitrogens with zero attached hydrogens (tertiary/aromatic N) is 2. The second-order valence-corrected chi connectivity index (χ2v) is 12.3. The summed E-state index contributed by atoms with van der Waals surface area (Å²) in [5, 5.41) is 3.81. The number of carbonyl (C=O) groups is 2. The SMILES string of the molecule is CC[C@H](C(=O)NC(C)C)N(Cc1ccc(Cl)cc1)C(=O)CN(c1cccc(C)c1)S(=O)(=O)c1ccc(Cl)cc1. The molecule has 0 aliphatic rings. The lowest BCUT2D eigenvalue weighted by Gasteiger charge is -2.33. The minimum absolute atomic E-state index is 0.00458. The van der Waals surface area contributed by atoms with E-state index in [1.165, 1.54) is 29.2 Å². The number of carbonyl (C=O) groups excluding carboxylic acids is 2. The number of amides is 2. The Labute approximate surface area is 240 Å². The smallest absolute Gasteiger partial charge is 0.264 e. The summed E-state index contributed by atoms with van der Waals surface area (Å²) >= 11 is 12.0. The number of sulfonamides is 1. The fraction of sp³-hybridized carbons (Fsp3) is 0.310. The molecular weight excluding hydrogens is 557 g/mol. The Kier molecular flexibility index (Phi) is 10.4. The molecule has 0 heterocycles. The predicted octanol–water partition coefficient (Wildman–Crippen LogP) is 5.83. The van der Waals surface area contributed by atoms with Crippen LogP contribution in [0.4, 0.5) is 5.69 Å². The summed E-state index contributed by atoms with van der Waals surface area (Å²) in [6, 6.07) is 18.7. The number of anilines is 1. The molecule has 208 valence electrons. The maximum absolute atomic E-state index is 14.0. The van der Waals surface area contributed by atoms with Crippen LogP contribution in [0.25, 0.3) is 0 Å². The van der Waals surface area contributed by atoms with Crippen LogP contribution in [0.15, 0.2) is 77.7 Å². The van der Waals surface area contributed by atoms with Gasteiger partial charge in [-0.1, -0.05) is 54.4 Å². The van der Waals surface area contributed by atoms with E-state index in [1.807, 2.05) is 33.8 Å². The minimum Gasteiger partial charge on any atom is -0.352 e. The number of hydrogen-bond donors (Lipinski definition) is 1. The van der Waals surface area contributed by atoms with Crippen LogP contribution in [0.2, 0.25) is 10.0 Å². The molecule has 0 bridgehead atoms. The molecule has 0 radical (unpaired) electrons. The van der Waals surface area contributed by atoms with Crippen molar-refractivity contribution in [2.24, 2.45) is 0 Å². The second kappa shape index (κ2) is 13.3. The van der Waals surface area contributed by atoms with Crippen molar-refractivity contribution in [1.29, 1.82) is 0 Å². The van der Waals surface area contributed by atoms with Crippen LogP contribution >= 0.6 is 23.2 Å². The highest BCUT2D eigenvalue weighted by Crippen LogP contribution is 2.26. The zero-order valence-corrected chi connectivity index (χ0v) is 24.7. The fourth-order valence-corrected chi connectivity index (χ4v) is 5.79. The lowest BCUT2D eigenvalue weighted by Crippen LogP contribution is -2.53. The molecule has 3 aromatic carbocycles. The van der Waals surface area contributed by atoms with Crippen LogP contribution in [0.5, 0.6) is 0 Å². The fourth-order valence-electron chi connectivity index (χ4n) is 4.13. The molecule has 3 rings (SSSR count). The van der Waals surface area contributed by atoms with Gasteiger partial charge in [0.05, 0.1) is 10.6 Å². The number of hydrogen-bond acceptors (Lipinski definition) is 4. The van der Waals surface area contributed by atoms with Crippen LogP contribution in [0.1, 0.15) is 38.3 Å². The number of aryl methyl sites for hydroxylation is 1. The molecule has 10 heteroatoms. The number of halogens is 2. The summed E-state index contributed by atoms with van der Waals surface area (Å²) in [6.07, 6.45) is 0.340. The van der Waals surface area contributed by atoms with Crippen LogP contribution in [0.3, 0.4) is 0 Å². The Morgan fingerprint density at radius 3 is 2.05 bits per heavy atom. The van der Waals surface area contributed by atoms with Crippen molar-refractivity contribution in [1.82, 2.24) is 10.2 Å². The first-order valence-electron chi connectivity index (χ1n) is 12.6. The first-order valence-corrected chi connectivity index (χ1v) is 14.8. The molecule has 2 amide bonds. The van der Waals surface area contributed by atoms with Crippen LogP contribution < -0.4 is 9.62 Å². The average Bonchev–Trinajstić information content (AvgIpc) is 2.88. The van der Waals surface area contributed by atoms with E-state index in [4.69, 9.17) is 23.2 Å². The highest BCUT2D eigenvalue weighted by Gasteiger charge is 2.33. The molecule has 39 heavy (non-hydrogen) atoms. The zero-order chi connectivity index (χ0) is 28.7. The lowest BCUT2D eigenvalue weighted by atomic mass is 10.1. The third-order valence-electron chi connectivity index (χ3n) is 6.05. The van der Waals surface area contributed by atoms with Crippen molar-refractivity contribution >= 4 is 50.7 Å². The van der Waals surface area contributed by atoms with Crippen molar-refractivity contribution in [3.63, 3.8) is 0 Å². The Balaban J connectivity index is 2.06. The molecule has 0 unspecified atom stereocenters. The van der Waals surface area contributed by atoms with Crippen molar-refractivity contribution in [2.45, 2.75) is 57.6 Å². The van der Waals surface area contributed by atoms with E-state index < -0.39 is 28.5 Å². The summed E-state index contributed by atoms with van der Waals surface area (Å²) in [7, 11) is -4.16. The summed E-state index contributed by atoms with van der Waals surface area (Å²) in [5.74, 6) is -0.827. The summed E-state index contributed by atoms with van der Waals surface area (Å²) < 4.78 is 28.8. The van der Waals surface area contributed by atoms with Crippen molar-refractivity contribution in [3.8, 4) is 0 Å². The molecule has 1 N–H and O–H groups in total. The molecule has 0 saturated heterocycles. The van der Waals surface area contributed by atoms with E-state index in [1.54, 1.807) is 42.5 Å². The highest BCUT2D eigenvalue weighted by molar-refractivity contribution is 7.92. The van der Waals surface area contributed by atoms with E-state index in [9.17, 15) is 18.0 Å². The number of benzene rings is 3. The van der Waals surface area contributed by atoms with Crippen molar-refractivity contribution in [3.05, 3.63) is 94.0 Å². The largest absolute Gasteiger partial charge is 0.352 e. The quantitative estimate of drug-likeness (QED) is 0.305. The van der Waals surface area contributed by atoms with E-state index in [0.717, 1.165) is 15.4 Å². The number of nitrogens with one attached hydrogen (secondary N) is 1. The Hall–Kier alpha value is -3.07. The second-order valence-electron chi connectivity index (χ2n) is 9.54. The minimum atomic E-state index is -4.16. The monoisotopic (exact) mass is 589 g/mol. The van der Waals surface area contributed by atoms with E-state index >= 15 is 0 Å². The van der Waals surface area contributed by atoms with Gasteiger partial charge in [0.15, 0.2) is 0 Å². The molecule has 3 aromatic rings. The van der Waals surface area contributed by atoms with Gasteiger partial charge in [-0.2, -0.15) is 0 Å². The third-order valence-corrected chi connectivity index (χ3v) is 8.35. The van der Waals surface area contributed by atoms with Gasteiger partial charge in [0.2, 0.25) is 11.8 Å². The summed E-state index contributed by atoms with van der Waals surface area (Å²) in [5.41, 5.74) is 1.92. The van der Waals surface area contributed by atoms with E-state index in [2.05, 4.69) is 5.32 Å². The molecule has 0 aliphatic carbocycles. The van der Waals surface area contributed by atoms with Gasteiger partial charge >= 0.3 is 0 Å². The van der Waals surface area contributed by atoms with Gasteiger partial charge in [0.25, 0.3) is 10.0 Å². The molecular formula is C29H33Cl2N3O4S. The standard InChI is InChI=1S/C29H33Cl2N3O4S/c1-5-27(29(36)32-20(2)3)33(18-22-9-11-23(30)12-10-22)28(35)19-34(25-8-6-7-21(4)17-25)39(37,38)26-15-13-24(31)14-16-26/h6-17,20,27H,5,18-19H2,1-4H3,(H,32,36)/t27-/m1/s1. The van der Waals surface area contributed by atoms with Crippen LogP contribution in [-0.2, 0) is 26.2 Å². The average molecular weight is 591 g/mol. The normalized spacial score (nSPS) is 12.2. The summed E-state index contributed by atoms with van der Waals surface area (Å²) in [6.45, 7) is 6.93. The van der Waals surface area contributed by atoms with E-state index in [0.29, 0.717) is 22.2 Å². The van der Waals surface area contributed by atoms with Gasteiger partial charge in [0.1, 0.15) is 12.6 Å². The molecule has 0 spiro atoms. The third kappa shape index (κ3) is 7.97. The van der Waals surface area contributed by atoms with Crippen molar-refractivity contribution < 1.29 is 18.0 Å². The highest BCUT2D eigenvalue weighted by atomic mass is 35.5. The van der Waals surface area contributed by atoms with Gasteiger partial charge in [-0.3, -0.25) is 13.9 Å². The van der Waals surface area contributed by atoms with E-state index in [-0.39, 0.29) is 23.4 Å². The topological polar surface area (TPSA) is 86.8 Å². The molecule has 0 aliphatic heterocycles. The van der Waals surface area contributed by atoms with Gasteiger partial charge in [0, 0.05) is 22.6 Å².